The van der Waals surface area contributed by atoms with E-state index in [1.807, 2.05) is 23.3 Å². The molecule has 1 aromatic rings. The largest absolute Gasteiger partial charge is 0.368 e. The van der Waals surface area contributed by atoms with Crippen LogP contribution < -0.4 is 5.32 Å². The van der Waals surface area contributed by atoms with E-state index in [-0.39, 0.29) is 36.0 Å². The van der Waals surface area contributed by atoms with Crippen molar-refractivity contribution < 1.29 is 9.53 Å². The first-order chi connectivity index (χ1) is 14.2. The summed E-state index contributed by atoms with van der Waals surface area (Å²) < 4.78 is 5.56. The fourth-order valence-electron chi connectivity index (χ4n) is 4.46. The lowest BCUT2D eigenvalue weighted by Gasteiger charge is -2.38. The summed E-state index contributed by atoms with van der Waals surface area (Å²) in [5.41, 5.74) is 1.49. The molecule has 4 rings (SSSR count). The maximum Gasteiger partial charge on any atom is 0.251 e. The van der Waals surface area contributed by atoms with Gasteiger partial charge in [0.25, 0.3) is 5.91 Å². The van der Waals surface area contributed by atoms with Crippen LogP contribution in [0, 0.1) is 0 Å². The number of carbonyl (C=O) groups excluding carboxylic acids is 1. The molecule has 1 aromatic heterocycles. The van der Waals surface area contributed by atoms with Crippen molar-refractivity contribution in [2.24, 2.45) is 4.99 Å². The number of hydrogen-bond acceptors (Lipinski definition) is 5. The first-order valence-electron chi connectivity index (χ1n) is 10.8. The number of amides is 1. The van der Waals surface area contributed by atoms with Crippen molar-refractivity contribution in [3.05, 3.63) is 21.9 Å². The molecule has 30 heavy (non-hydrogen) atoms. The van der Waals surface area contributed by atoms with E-state index >= 15 is 0 Å². The maximum absolute atomic E-state index is 12.5. The molecule has 0 spiro atoms. The minimum atomic E-state index is -0.215. The SMILES string of the molecule is CN=C(NCC(C)N1CCc2sccc2C1)N1CCN(C(=O)C2CCCO2)CC1.I. The van der Waals surface area contributed by atoms with Gasteiger partial charge in [-0.05, 0) is 43.2 Å². The Morgan fingerprint density at radius 3 is 2.77 bits per heavy atom. The minimum Gasteiger partial charge on any atom is -0.368 e. The molecular formula is C21H34IN5O2S. The van der Waals surface area contributed by atoms with Crippen molar-refractivity contribution in [3.63, 3.8) is 0 Å². The van der Waals surface area contributed by atoms with Crippen LogP contribution in [0.3, 0.4) is 0 Å². The molecule has 2 unspecified atom stereocenters. The summed E-state index contributed by atoms with van der Waals surface area (Å²) in [5.74, 6) is 1.10. The van der Waals surface area contributed by atoms with Crippen molar-refractivity contribution in [1.82, 2.24) is 20.0 Å². The lowest BCUT2D eigenvalue weighted by molar-refractivity contribution is -0.142. The number of nitrogens with one attached hydrogen (secondary N) is 1. The fraction of sp³-hybridized carbons (Fsp3) is 0.714. The lowest BCUT2D eigenvalue weighted by atomic mass is 10.1. The number of carbonyl (C=O) groups is 1. The standard InChI is InChI=1S/C21H33N5O2S.HI/c1-16(26-7-5-19-17(15-26)6-13-29-19)14-23-21(22-2)25-10-8-24(9-11-25)20(27)18-4-3-12-28-18;/h6,13,16,18H,3-5,7-12,14-15H2,1-2H3,(H,22,23);1H. The van der Waals surface area contributed by atoms with E-state index in [1.54, 1.807) is 4.88 Å². The van der Waals surface area contributed by atoms with E-state index in [9.17, 15) is 4.79 Å². The third kappa shape index (κ3) is 5.46. The number of nitrogens with zero attached hydrogens (tertiary/aromatic N) is 4. The van der Waals surface area contributed by atoms with Gasteiger partial charge in [-0.15, -0.1) is 35.3 Å². The van der Waals surface area contributed by atoms with Gasteiger partial charge in [0.05, 0.1) is 0 Å². The Bertz CT molecular complexity index is 729. The zero-order valence-corrected chi connectivity index (χ0v) is 21.2. The summed E-state index contributed by atoms with van der Waals surface area (Å²) >= 11 is 1.89. The number of ether oxygens (including phenoxy) is 1. The van der Waals surface area contributed by atoms with Gasteiger partial charge in [-0.1, -0.05) is 0 Å². The Labute approximate surface area is 200 Å². The summed E-state index contributed by atoms with van der Waals surface area (Å²) in [4.78, 5) is 25.3. The number of rotatable bonds is 4. The summed E-state index contributed by atoms with van der Waals surface area (Å²) in [6, 6.07) is 2.71. The molecule has 9 heteroatoms. The summed E-state index contributed by atoms with van der Waals surface area (Å²) in [6.07, 6.45) is 2.81. The number of piperazine rings is 1. The van der Waals surface area contributed by atoms with Crippen molar-refractivity contribution in [2.75, 3.05) is 52.9 Å². The molecule has 1 amide bonds. The maximum atomic E-state index is 12.5. The number of thiophene rings is 1. The average molecular weight is 548 g/mol. The van der Waals surface area contributed by atoms with Crippen LogP contribution in [0.5, 0.6) is 0 Å². The smallest absolute Gasteiger partial charge is 0.251 e. The molecule has 3 aliphatic rings. The molecule has 168 valence electrons. The van der Waals surface area contributed by atoms with Gasteiger partial charge in [0, 0.05) is 70.4 Å². The Kier molecular flexibility index (Phi) is 8.79. The average Bonchev–Trinajstić information content (AvgIpc) is 3.45. The topological polar surface area (TPSA) is 60.4 Å². The van der Waals surface area contributed by atoms with Crippen molar-refractivity contribution in [1.29, 1.82) is 0 Å². The third-order valence-electron chi connectivity index (χ3n) is 6.32. The van der Waals surface area contributed by atoms with Gasteiger partial charge in [-0.3, -0.25) is 14.7 Å². The first-order valence-corrected chi connectivity index (χ1v) is 11.7. The highest BCUT2D eigenvalue weighted by Crippen LogP contribution is 2.25. The predicted molar refractivity (Wildman–Crippen MR) is 132 cm³/mol. The molecule has 0 aromatic carbocycles. The highest BCUT2D eigenvalue weighted by Gasteiger charge is 2.31. The van der Waals surface area contributed by atoms with Gasteiger partial charge >= 0.3 is 0 Å². The second kappa shape index (κ2) is 11.1. The van der Waals surface area contributed by atoms with E-state index in [4.69, 9.17) is 4.74 Å². The van der Waals surface area contributed by atoms with Gasteiger partial charge in [0.15, 0.2) is 5.96 Å². The number of halogens is 1. The zero-order valence-electron chi connectivity index (χ0n) is 18.0. The Morgan fingerprint density at radius 1 is 1.30 bits per heavy atom. The molecule has 7 nitrogen and oxygen atoms in total. The first kappa shape index (κ1) is 23.7. The van der Waals surface area contributed by atoms with Crippen LogP contribution in [0.25, 0.3) is 0 Å². The van der Waals surface area contributed by atoms with Crippen molar-refractivity contribution >= 4 is 47.2 Å². The summed E-state index contributed by atoms with van der Waals surface area (Å²) in [5, 5.41) is 5.77. The van der Waals surface area contributed by atoms with E-state index in [1.165, 1.54) is 5.56 Å². The zero-order chi connectivity index (χ0) is 20.2. The highest BCUT2D eigenvalue weighted by atomic mass is 127. The summed E-state index contributed by atoms with van der Waals surface area (Å²) in [6.45, 7) is 9.16. The second-order valence-electron chi connectivity index (χ2n) is 8.18. The third-order valence-corrected chi connectivity index (χ3v) is 7.35. The van der Waals surface area contributed by atoms with Gasteiger partial charge in [-0.25, -0.2) is 0 Å². The molecule has 0 aliphatic carbocycles. The van der Waals surface area contributed by atoms with Crippen LogP contribution in [-0.2, 0) is 22.5 Å². The van der Waals surface area contributed by atoms with Crippen LogP contribution in [0.1, 0.15) is 30.2 Å². The lowest BCUT2D eigenvalue weighted by Crippen LogP contribution is -2.56. The predicted octanol–water partition coefficient (Wildman–Crippen LogP) is 2.01. The number of fused-ring (bicyclic) bond motifs is 1. The molecule has 0 saturated carbocycles. The molecule has 0 bridgehead atoms. The Balaban J connectivity index is 0.00000256. The minimum absolute atomic E-state index is 0. The van der Waals surface area contributed by atoms with Gasteiger partial charge < -0.3 is 19.9 Å². The van der Waals surface area contributed by atoms with Gasteiger partial charge in [0.2, 0.25) is 0 Å². The quantitative estimate of drug-likeness (QED) is 0.355. The van der Waals surface area contributed by atoms with Gasteiger partial charge in [0.1, 0.15) is 6.10 Å². The summed E-state index contributed by atoms with van der Waals surface area (Å²) in [7, 11) is 1.84. The normalized spacial score (nSPS) is 23.7. The molecule has 2 atom stereocenters. The van der Waals surface area contributed by atoms with Gasteiger partial charge in [-0.2, -0.15) is 0 Å². The Hall–Kier alpha value is -0.910. The van der Waals surface area contributed by atoms with Crippen molar-refractivity contribution in [2.45, 2.75) is 44.9 Å². The van der Waals surface area contributed by atoms with E-state index in [0.29, 0.717) is 6.04 Å². The van der Waals surface area contributed by atoms with Crippen LogP contribution in [-0.4, -0.2) is 91.6 Å². The van der Waals surface area contributed by atoms with Crippen LogP contribution in [0.2, 0.25) is 0 Å². The van der Waals surface area contributed by atoms with E-state index < -0.39 is 0 Å². The van der Waals surface area contributed by atoms with Crippen LogP contribution in [0.15, 0.2) is 16.4 Å². The number of aliphatic imine (C=N–C) groups is 1. The molecule has 1 N–H and O–H groups in total. The van der Waals surface area contributed by atoms with Crippen LogP contribution >= 0.6 is 35.3 Å². The van der Waals surface area contributed by atoms with E-state index in [0.717, 1.165) is 77.6 Å². The number of guanidine groups is 1. The molecule has 0 radical (unpaired) electrons. The highest BCUT2D eigenvalue weighted by molar-refractivity contribution is 14.0. The van der Waals surface area contributed by atoms with E-state index in [2.05, 4.69) is 38.5 Å². The molecule has 2 fully saturated rings. The fourth-order valence-corrected chi connectivity index (χ4v) is 5.35. The van der Waals surface area contributed by atoms with Crippen molar-refractivity contribution in [3.8, 4) is 0 Å². The molecule has 2 saturated heterocycles. The Morgan fingerprint density at radius 2 is 2.07 bits per heavy atom. The molecule has 3 aliphatic heterocycles. The second-order valence-corrected chi connectivity index (χ2v) is 9.18. The number of hydrogen-bond donors (Lipinski definition) is 1. The monoisotopic (exact) mass is 547 g/mol. The molecule has 4 heterocycles. The van der Waals surface area contributed by atoms with Crippen LogP contribution in [0.4, 0.5) is 0 Å². The molecular weight excluding hydrogens is 513 g/mol.